The largest absolute Gasteiger partial charge is 0.492 e. The van der Waals surface area contributed by atoms with E-state index in [1.54, 1.807) is 54.6 Å². The van der Waals surface area contributed by atoms with Gasteiger partial charge in [0.1, 0.15) is 17.3 Å². The number of nitrogens with zero attached hydrogens (tertiary/aromatic N) is 1. The molecule has 4 nitrogen and oxygen atoms in total. The van der Waals surface area contributed by atoms with Crippen molar-refractivity contribution in [3.8, 4) is 17.6 Å². The maximum absolute atomic E-state index is 14.6. The van der Waals surface area contributed by atoms with Crippen molar-refractivity contribution in [2.75, 3.05) is 6.61 Å². The molecule has 0 saturated carbocycles. The van der Waals surface area contributed by atoms with Gasteiger partial charge in [0, 0.05) is 17.5 Å². The molecule has 1 atom stereocenters. The van der Waals surface area contributed by atoms with Crippen molar-refractivity contribution in [3.63, 3.8) is 0 Å². The normalized spacial score (nSPS) is 13.8. The monoisotopic (exact) mass is 387 g/mol. The van der Waals surface area contributed by atoms with Crippen molar-refractivity contribution in [1.82, 2.24) is 0 Å². The number of halogens is 1. The smallest absolute Gasteiger partial charge is 0.170 e. The molecule has 1 aliphatic heterocycles. The number of ketones is 1. The third kappa shape index (κ3) is 3.57. The Hall–Kier alpha value is -3.65. The average molecular weight is 387 g/mol. The summed E-state index contributed by atoms with van der Waals surface area (Å²) in [6, 6.07) is 18.8. The second-order valence-corrected chi connectivity index (χ2v) is 6.84. The molecule has 0 amide bonds. The lowest BCUT2D eigenvalue weighted by atomic mass is 9.98. The second-order valence-electron chi connectivity index (χ2n) is 6.84. The summed E-state index contributed by atoms with van der Waals surface area (Å²) in [5.41, 5.74) is 2.85. The first kappa shape index (κ1) is 18.7. The van der Waals surface area contributed by atoms with Gasteiger partial charge in [0.15, 0.2) is 11.9 Å². The first-order valence-electron chi connectivity index (χ1n) is 9.29. The van der Waals surface area contributed by atoms with Crippen LogP contribution in [0.5, 0.6) is 11.5 Å². The molecule has 3 aromatic rings. The van der Waals surface area contributed by atoms with Crippen LogP contribution >= 0.6 is 0 Å². The zero-order valence-corrected chi connectivity index (χ0v) is 15.8. The molecular formula is C24H18FNO3. The summed E-state index contributed by atoms with van der Waals surface area (Å²) in [4.78, 5) is 12.1. The molecule has 3 aromatic carbocycles. The van der Waals surface area contributed by atoms with E-state index in [4.69, 9.17) is 14.7 Å². The van der Waals surface area contributed by atoms with Crippen LogP contribution in [0.3, 0.4) is 0 Å². The molecule has 0 bridgehead atoms. The second kappa shape index (κ2) is 7.76. The number of hydrogen-bond donors (Lipinski definition) is 0. The molecule has 0 unspecified atom stereocenters. The van der Waals surface area contributed by atoms with E-state index in [9.17, 15) is 9.18 Å². The Balaban J connectivity index is 1.78. The number of fused-ring (bicyclic) bond motifs is 1. The Morgan fingerprint density at radius 1 is 1.10 bits per heavy atom. The van der Waals surface area contributed by atoms with Crippen molar-refractivity contribution >= 4 is 5.78 Å². The first-order valence-corrected chi connectivity index (χ1v) is 9.29. The van der Waals surface area contributed by atoms with Crippen LogP contribution in [0.25, 0.3) is 0 Å². The van der Waals surface area contributed by atoms with E-state index < -0.39 is 6.10 Å². The van der Waals surface area contributed by atoms with Gasteiger partial charge in [0.05, 0.1) is 23.8 Å². The van der Waals surface area contributed by atoms with Crippen LogP contribution in [0.2, 0.25) is 0 Å². The molecule has 0 radical (unpaired) electrons. The van der Waals surface area contributed by atoms with Crippen LogP contribution in [-0.2, 0) is 0 Å². The van der Waals surface area contributed by atoms with Crippen LogP contribution in [0.15, 0.2) is 60.7 Å². The molecule has 0 saturated heterocycles. The highest BCUT2D eigenvalue weighted by atomic mass is 19.1. The van der Waals surface area contributed by atoms with Gasteiger partial charge < -0.3 is 9.47 Å². The fourth-order valence-corrected chi connectivity index (χ4v) is 3.45. The number of hydrogen-bond acceptors (Lipinski definition) is 4. The number of carbonyl (C=O) groups is 1. The minimum atomic E-state index is -0.722. The van der Waals surface area contributed by atoms with Crippen molar-refractivity contribution in [1.29, 1.82) is 5.26 Å². The zero-order valence-electron chi connectivity index (χ0n) is 15.8. The summed E-state index contributed by atoms with van der Waals surface area (Å²) in [5.74, 6) is 0.685. The van der Waals surface area contributed by atoms with Gasteiger partial charge in [-0.15, -0.1) is 0 Å². The van der Waals surface area contributed by atoms with Gasteiger partial charge in [0.2, 0.25) is 0 Å². The fourth-order valence-electron chi connectivity index (χ4n) is 3.45. The zero-order chi connectivity index (χ0) is 20.4. The molecule has 0 N–H and O–H groups in total. The van der Waals surface area contributed by atoms with E-state index in [2.05, 4.69) is 6.07 Å². The van der Waals surface area contributed by atoms with Crippen molar-refractivity contribution < 1.29 is 18.7 Å². The summed E-state index contributed by atoms with van der Waals surface area (Å²) >= 11 is 0. The van der Waals surface area contributed by atoms with Crippen LogP contribution in [0, 0.1) is 24.1 Å². The predicted molar refractivity (Wildman–Crippen MR) is 106 cm³/mol. The predicted octanol–water partition coefficient (Wildman–Crippen LogP) is 5.14. The number of nitriles is 1. The Bertz CT molecular complexity index is 1120. The fraction of sp³-hybridized carbons (Fsp3) is 0.167. The lowest BCUT2D eigenvalue weighted by molar-refractivity contribution is 0.0932. The van der Waals surface area contributed by atoms with Crippen LogP contribution in [0.1, 0.15) is 45.1 Å². The molecule has 144 valence electrons. The van der Waals surface area contributed by atoms with E-state index in [-0.39, 0.29) is 11.6 Å². The van der Waals surface area contributed by atoms with Gasteiger partial charge in [-0.05, 0) is 42.8 Å². The average Bonchev–Trinajstić information content (AvgIpc) is 2.75. The lowest BCUT2D eigenvalue weighted by Gasteiger charge is -2.25. The quantitative estimate of drug-likeness (QED) is 0.622. The Morgan fingerprint density at radius 3 is 2.59 bits per heavy atom. The Labute approximate surface area is 168 Å². The van der Waals surface area contributed by atoms with Gasteiger partial charge in [-0.25, -0.2) is 4.39 Å². The molecule has 0 aliphatic carbocycles. The topological polar surface area (TPSA) is 59.3 Å². The van der Waals surface area contributed by atoms with Gasteiger partial charge in [0.25, 0.3) is 0 Å². The summed E-state index contributed by atoms with van der Waals surface area (Å²) in [6.07, 6.45) is -0.365. The maximum Gasteiger partial charge on any atom is 0.170 e. The van der Waals surface area contributed by atoms with Crippen molar-refractivity contribution in [2.45, 2.75) is 19.4 Å². The van der Waals surface area contributed by atoms with Gasteiger partial charge in [-0.1, -0.05) is 30.3 Å². The third-order valence-electron chi connectivity index (χ3n) is 5.01. The number of rotatable bonds is 4. The summed E-state index contributed by atoms with van der Waals surface area (Å²) < 4.78 is 26.6. The lowest BCUT2D eigenvalue weighted by Crippen LogP contribution is -2.17. The Morgan fingerprint density at radius 2 is 1.86 bits per heavy atom. The molecule has 29 heavy (non-hydrogen) atoms. The highest BCUT2D eigenvalue weighted by Crippen LogP contribution is 2.38. The highest BCUT2D eigenvalue weighted by molar-refractivity contribution is 6.00. The molecule has 0 aromatic heterocycles. The molecule has 4 rings (SSSR count). The SMILES string of the molecule is Cc1c(O[C@H](c2ccc(C#N)cc2)c2ccccc2F)ccc2c1OCCC2=O. The minimum Gasteiger partial charge on any atom is -0.492 e. The standard InChI is InChI=1S/C24H18FNO3/c1-15-22(11-10-19-21(27)12-13-28-23(15)19)29-24(18-4-2-3-5-20(18)25)17-8-6-16(14-26)7-9-17/h2-11,24H,12-13H2,1H3/t24-/m1/s1. The highest BCUT2D eigenvalue weighted by Gasteiger charge is 2.25. The van der Waals surface area contributed by atoms with Gasteiger partial charge in [-0.3, -0.25) is 4.79 Å². The van der Waals surface area contributed by atoms with E-state index in [0.717, 1.165) is 0 Å². The maximum atomic E-state index is 14.6. The number of benzene rings is 3. The summed E-state index contributed by atoms with van der Waals surface area (Å²) in [7, 11) is 0. The first-order chi connectivity index (χ1) is 14.1. The van der Waals surface area contributed by atoms with E-state index in [0.29, 0.717) is 52.3 Å². The summed E-state index contributed by atoms with van der Waals surface area (Å²) in [6.45, 7) is 2.16. The molecule has 1 aliphatic rings. The summed E-state index contributed by atoms with van der Waals surface area (Å²) in [5, 5.41) is 9.05. The molecule has 1 heterocycles. The van der Waals surface area contributed by atoms with E-state index >= 15 is 0 Å². The van der Waals surface area contributed by atoms with Crippen molar-refractivity contribution in [2.24, 2.45) is 0 Å². The minimum absolute atomic E-state index is 0.0404. The molecule has 0 fully saturated rings. The van der Waals surface area contributed by atoms with Crippen LogP contribution in [-0.4, -0.2) is 12.4 Å². The number of Topliss-reactive ketones (excluding diaryl/α,β-unsaturated/α-hetero) is 1. The van der Waals surface area contributed by atoms with Crippen LogP contribution < -0.4 is 9.47 Å². The van der Waals surface area contributed by atoms with Gasteiger partial charge in [-0.2, -0.15) is 5.26 Å². The van der Waals surface area contributed by atoms with Gasteiger partial charge >= 0.3 is 0 Å². The molecular weight excluding hydrogens is 369 g/mol. The Kier molecular flexibility index (Phi) is 5.01. The molecule has 0 spiro atoms. The number of carbonyl (C=O) groups excluding carboxylic acids is 1. The third-order valence-corrected chi connectivity index (χ3v) is 5.01. The van der Waals surface area contributed by atoms with E-state index in [1.165, 1.54) is 6.07 Å². The number of ether oxygens (including phenoxy) is 2. The van der Waals surface area contributed by atoms with E-state index in [1.807, 2.05) is 6.92 Å². The molecule has 5 heteroatoms. The van der Waals surface area contributed by atoms with Crippen LogP contribution in [0.4, 0.5) is 4.39 Å². The van der Waals surface area contributed by atoms with Crippen molar-refractivity contribution in [3.05, 3.63) is 94.3 Å².